The van der Waals surface area contributed by atoms with Crippen LogP contribution in [-0.4, -0.2) is 32.0 Å². The topological polar surface area (TPSA) is 102 Å². The van der Waals surface area contributed by atoms with E-state index in [4.69, 9.17) is 0 Å². The highest BCUT2D eigenvalue weighted by Crippen LogP contribution is 2.29. The maximum atomic E-state index is 12.8. The highest BCUT2D eigenvalue weighted by molar-refractivity contribution is 7.18. The zero-order valence-corrected chi connectivity index (χ0v) is 17.2. The number of hydrogen-bond acceptors (Lipinski definition) is 6. The minimum atomic E-state index is -0.505. The monoisotopic (exact) mass is 398 g/mol. The van der Waals surface area contributed by atoms with Gasteiger partial charge in [0.2, 0.25) is 5.91 Å². The molecule has 0 atom stereocenters. The molecule has 0 bridgehead atoms. The zero-order valence-electron chi connectivity index (χ0n) is 16.4. The molecule has 146 valence electrons. The number of carbonyl (C=O) groups is 2. The summed E-state index contributed by atoms with van der Waals surface area (Å²) >= 11 is 1.25. The molecule has 0 fully saturated rings. The first-order chi connectivity index (χ1) is 13.1. The maximum Gasteiger partial charge on any atom is 0.266 e. The van der Waals surface area contributed by atoms with Crippen molar-refractivity contribution in [2.24, 2.45) is 5.41 Å². The van der Waals surface area contributed by atoms with Crippen molar-refractivity contribution in [3.63, 3.8) is 0 Å². The Kier molecular flexibility index (Phi) is 5.28. The van der Waals surface area contributed by atoms with Crippen molar-refractivity contribution < 1.29 is 9.59 Å². The molecule has 2 amide bonds. The fourth-order valence-corrected chi connectivity index (χ4v) is 3.43. The maximum absolute atomic E-state index is 12.8. The Hall–Kier alpha value is -3.07. The van der Waals surface area contributed by atoms with E-state index < -0.39 is 5.41 Å². The van der Waals surface area contributed by atoms with Crippen LogP contribution in [0.3, 0.4) is 0 Å². The summed E-state index contributed by atoms with van der Waals surface area (Å²) < 4.78 is 1.54. The Morgan fingerprint density at radius 2 is 1.82 bits per heavy atom. The summed E-state index contributed by atoms with van der Waals surface area (Å²) in [4.78, 5) is 25.5. The Morgan fingerprint density at radius 3 is 2.46 bits per heavy atom. The molecule has 3 aromatic rings. The number of nitrogens with zero attached hydrogens (tertiary/aromatic N) is 4. The van der Waals surface area contributed by atoms with Gasteiger partial charge in [0.25, 0.3) is 5.91 Å². The third-order valence-electron chi connectivity index (χ3n) is 4.10. The van der Waals surface area contributed by atoms with Gasteiger partial charge in [0.05, 0.1) is 15.6 Å². The van der Waals surface area contributed by atoms with Crippen molar-refractivity contribution in [2.45, 2.75) is 34.6 Å². The first-order valence-corrected chi connectivity index (χ1v) is 9.54. The van der Waals surface area contributed by atoms with Crippen LogP contribution in [-0.2, 0) is 4.79 Å². The standard InChI is InChI=1S/C19H22N6O2S/c1-11-6-7-13(9-14(11)25-10-20-23-24-25)21-17(26)16-12(2)8-15(28-16)22-18(27)19(3,4)5/h6-10H,1-5H3,(H,21,26)(H,22,27). The van der Waals surface area contributed by atoms with E-state index in [0.29, 0.717) is 15.6 Å². The van der Waals surface area contributed by atoms with Gasteiger partial charge in [-0.3, -0.25) is 9.59 Å². The van der Waals surface area contributed by atoms with Crippen LogP contribution in [0.25, 0.3) is 5.69 Å². The normalized spacial score (nSPS) is 11.3. The largest absolute Gasteiger partial charge is 0.321 e. The molecule has 0 aliphatic rings. The number of anilines is 2. The van der Waals surface area contributed by atoms with Crippen LogP contribution in [0.2, 0.25) is 0 Å². The average molecular weight is 398 g/mol. The Balaban J connectivity index is 1.79. The molecule has 8 nitrogen and oxygen atoms in total. The molecule has 2 N–H and O–H groups in total. The summed E-state index contributed by atoms with van der Waals surface area (Å²) in [6.07, 6.45) is 1.50. The van der Waals surface area contributed by atoms with E-state index in [1.54, 1.807) is 4.68 Å². The number of carbonyl (C=O) groups excluding carboxylic acids is 2. The quantitative estimate of drug-likeness (QED) is 0.699. The first-order valence-electron chi connectivity index (χ1n) is 8.72. The Morgan fingerprint density at radius 1 is 1.07 bits per heavy atom. The highest BCUT2D eigenvalue weighted by atomic mass is 32.1. The van der Waals surface area contributed by atoms with Gasteiger partial charge >= 0.3 is 0 Å². The molecule has 0 radical (unpaired) electrons. The number of thiophene rings is 1. The SMILES string of the molecule is Cc1ccc(NC(=O)c2sc(NC(=O)C(C)(C)C)cc2C)cc1-n1cnnn1. The van der Waals surface area contributed by atoms with Gasteiger partial charge in [-0.15, -0.1) is 16.4 Å². The van der Waals surface area contributed by atoms with E-state index >= 15 is 0 Å². The molecule has 0 saturated carbocycles. The van der Waals surface area contributed by atoms with Gasteiger partial charge in [-0.05, 0) is 53.6 Å². The van der Waals surface area contributed by atoms with E-state index in [1.807, 2.05) is 58.9 Å². The fraction of sp³-hybridized carbons (Fsp3) is 0.316. The Labute approximate surface area is 167 Å². The number of benzene rings is 1. The molecule has 28 heavy (non-hydrogen) atoms. The van der Waals surface area contributed by atoms with Gasteiger partial charge in [0.15, 0.2) is 0 Å². The fourth-order valence-electron chi connectivity index (χ4n) is 2.46. The minimum absolute atomic E-state index is 0.0923. The molecule has 2 heterocycles. The lowest BCUT2D eigenvalue weighted by Crippen LogP contribution is -2.27. The molecular formula is C19H22N6O2S. The third kappa shape index (κ3) is 4.25. The van der Waals surface area contributed by atoms with Crippen molar-refractivity contribution in [1.29, 1.82) is 0 Å². The second-order valence-electron chi connectivity index (χ2n) is 7.54. The van der Waals surface area contributed by atoms with Gasteiger partial charge in [0, 0.05) is 11.1 Å². The number of tetrazole rings is 1. The van der Waals surface area contributed by atoms with E-state index in [1.165, 1.54) is 17.7 Å². The Bertz CT molecular complexity index is 1020. The summed E-state index contributed by atoms with van der Waals surface area (Å²) in [6, 6.07) is 7.34. The van der Waals surface area contributed by atoms with Crippen molar-refractivity contribution in [2.75, 3.05) is 10.6 Å². The van der Waals surface area contributed by atoms with Crippen molar-refractivity contribution >= 4 is 33.8 Å². The lowest BCUT2D eigenvalue weighted by atomic mass is 9.96. The molecule has 1 aromatic carbocycles. The van der Waals surface area contributed by atoms with Crippen molar-refractivity contribution in [3.05, 3.63) is 46.6 Å². The average Bonchev–Trinajstić information content (AvgIpc) is 3.25. The molecule has 0 aliphatic heterocycles. The second kappa shape index (κ2) is 7.51. The van der Waals surface area contributed by atoms with Gasteiger partial charge in [-0.25, -0.2) is 4.68 Å². The summed E-state index contributed by atoms with van der Waals surface area (Å²) in [7, 11) is 0. The number of aryl methyl sites for hydroxylation is 2. The minimum Gasteiger partial charge on any atom is -0.321 e. The van der Waals surface area contributed by atoms with Gasteiger partial charge in [0.1, 0.15) is 6.33 Å². The molecule has 0 aliphatic carbocycles. The van der Waals surface area contributed by atoms with Gasteiger partial charge in [-0.1, -0.05) is 26.8 Å². The number of hydrogen-bond donors (Lipinski definition) is 2. The molecule has 0 spiro atoms. The third-order valence-corrected chi connectivity index (χ3v) is 5.26. The van der Waals surface area contributed by atoms with Gasteiger partial charge < -0.3 is 10.6 Å². The lowest BCUT2D eigenvalue weighted by Gasteiger charge is -2.16. The first kappa shape index (κ1) is 19.7. The van der Waals surface area contributed by atoms with Crippen LogP contribution >= 0.6 is 11.3 Å². The van der Waals surface area contributed by atoms with Crippen LogP contribution < -0.4 is 10.6 Å². The van der Waals surface area contributed by atoms with E-state index in [0.717, 1.165) is 16.8 Å². The van der Waals surface area contributed by atoms with Crippen molar-refractivity contribution in [1.82, 2.24) is 20.2 Å². The summed E-state index contributed by atoms with van der Waals surface area (Å²) in [5, 5.41) is 17.6. The zero-order chi connectivity index (χ0) is 20.5. The van der Waals surface area contributed by atoms with E-state index in [-0.39, 0.29) is 11.8 Å². The number of amides is 2. The number of rotatable bonds is 4. The van der Waals surface area contributed by atoms with Crippen LogP contribution in [0, 0.1) is 19.3 Å². The van der Waals surface area contributed by atoms with E-state index in [9.17, 15) is 9.59 Å². The summed E-state index contributed by atoms with van der Waals surface area (Å²) in [5.74, 6) is -0.324. The second-order valence-corrected chi connectivity index (χ2v) is 8.59. The van der Waals surface area contributed by atoms with Crippen LogP contribution in [0.4, 0.5) is 10.7 Å². The van der Waals surface area contributed by atoms with Crippen molar-refractivity contribution in [3.8, 4) is 5.69 Å². The van der Waals surface area contributed by atoms with Crippen LogP contribution in [0.1, 0.15) is 41.6 Å². The van der Waals surface area contributed by atoms with E-state index in [2.05, 4.69) is 26.2 Å². The lowest BCUT2D eigenvalue weighted by molar-refractivity contribution is -0.123. The molecule has 0 saturated heterocycles. The highest BCUT2D eigenvalue weighted by Gasteiger charge is 2.23. The molecule has 9 heteroatoms. The summed E-state index contributed by atoms with van der Waals surface area (Å²) in [5.41, 5.74) is 2.69. The molecule has 0 unspecified atom stereocenters. The smallest absolute Gasteiger partial charge is 0.266 e. The summed E-state index contributed by atoms with van der Waals surface area (Å²) in [6.45, 7) is 9.32. The number of nitrogens with one attached hydrogen (secondary N) is 2. The number of aromatic nitrogens is 4. The molecule has 3 rings (SSSR count). The van der Waals surface area contributed by atoms with Crippen LogP contribution in [0.15, 0.2) is 30.6 Å². The molecule has 2 aromatic heterocycles. The van der Waals surface area contributed by atoms with Crippen LogP contribution in [0.5, 0.6) is 0 Å². The predicted molar refractivity (Wildman–Crippen MR) is 109 cm³/mol. The van der Waals surface area contributed by atoms with Gasteiger partial charge in [-0.2, -0.15) is 0 Å². The predicted octanol–water partition coefficient (Wildman–Crippen LogP) is 3.58. The molecular weight excluding hydrogens is 376 g/mol.